The van der Waals surface area contributed by atoms with Crippen molar-refractivity contribution < 1.29 is 13.6 Å². The van der Waals surface area contributed by atoms with Gasteiger partial charge in [-0.1, -0.05) is 0 Å². The van der Waals surface area contributed by atoms with Gasteiger partial charge >= 0.3 is 0 Å². The van der Waals surface area contributed by atoms with E-state index in [1.807, 2.05) is 12.1 Å². The number of carbonyl (C=O) groups excluding carboxylic acids is 1. The number of anilines is 3. The van der Waals surface area contributed by atoms with Crippen LogP contribution in [0.2, 0.25) is 0 Å². The third kappa shape index (κ3) is 4.42. The van der Waals surface area contributed by atoms with Crippen LogP contribution in [-0.2, 0) is 4.79 Å². The van der Waals surface area contributed by atoms with Gasteiger partial charge in [0.15, 0.2) is 0 Å². The summed E-state index contributed by atoms with van der Waals surface area (Å²) in [5.41, 5.74) is 2.75. The number of pyridine rings is 2. The largest absolute Gasteiger partial charge is 0.325 e. The van der Waals surface area contributed by atoms with Gasteiger partial charge in [0.2, 0.25) is 11.8 Å². The van der Waals surface area contributed by atoms with E-state index in [1.165, 1.54) is 0 Å². The molecule has 3 aromatic rings. The molecule has 0 aliphatic heterocycles. The molecule has 32 heavy (non-hydrogen) atoms. The lowest BCUT2D eigenvalue weighted by Gasteiger charge is -2.33. The number of alkyl halides is 2. The smallest absolute Gasteiger partial charge is 0.249 e. The predicted molar refractivity (Wildman–Crippen MR) is 116 cm³/mol. The molecule has 0 atom stereocenters. The van der Waals surface area contributed by atoms with E-state index in [2.05, 4.69) is 30.6 Å². The normalized spacial score (nSPS) is 17.5. The number of aromatic nitrogens is 4. The average molecular weight is 436 g/mol. The molecular formula is C23H22F2N6O. The first kappa shape index (κ1) is 20.4. The Labute approximate surface area is 183 Å². The minimum Gasteiger partial charge on any atom is -0.325 e. The van der Waals surface area contributed by atoms with Gasteiger partial charge in [0.05, 0.1) is 11.4 Å². The third-order valence-electron chi connectivity index (χ3n) is 5.77. The van der Waals surface area contributed by atoms with Crippen LogP contribution in [0.5, 0.6) is 0 Å². The van der Waals surface area contributed by atoms with Gasteiger partial charge in [0, 0.05) is 48.8 Å². The van der Waals surface area contributed by atoms with E-state index in [9.17, 15) is 13.6 Å². The second kappa shape index (κ2) is 7.89. The number of halogens is 2. The molecule has 0 unspecified atom stereocenters. The van der Waals surface area contributed by atoms with Gasteiger partial charge in [0.25, 0.3) is 0 Å². The molecule has 0 saturated heterocycles. The number of hydrogen-bond acceptors (Lipinski definition) is 6. The quantitative estimate of drug-likeness (QED) is 0.574. The van der Waals surface area contributed by atoms with Gasteiger partial charge < -0.3 is 10.6 Å². The van der Waals surface area contributed by atoms with Gasteiger partial charge in [-0.05, 0) is 49.6 Å². The molecule has 2 N–H and O–H groups in total. The van der Waals surface area contributed by atoms with E-state index in [0.717, 1.165) is 29.8 Å². The number of aryl methyl sites for hydroxylation is 1. The molecule has 5 rings (SSSR count). The molecule has 3 aromatic heterocycles. The molecule has 9 heteroatoms. The van der Waals surface area contributed by atoms with Crippen molar-refractivity contribution in [2.45, 2.75) is 44.4 Å². The lowest BCUT2D eigenvalue weighted by molar-refractivity contribution is -0.145. The van der Waals surface area contributed by atoms with E-state index in [4.69, 9.17) is 0 Å². The Morgan fingerprint density at radius 1 is 1.03 bits per heavy atom. The molecule has 3 heterocycles. The summed E-state index contributed by atoms with van der Waals surface area (Å²) >= 11 is 0. The standard InChI is InChI=1S/C23H22F2N6O/c1-13-18(29-22(32)17-10-23(24,25)11-17)8-16(12-28-13)15-4-6-26-20(9-15)30-19-5-7-27-21(31-19)14-2-3-14/h4-9,12,14,17H,2-3,10-11H2,1H3,(H,29,32)(H,26,27,30,31). The molecule has 0 spiro atoms. The van der Waals surface area contributed by atoms with Crippen LogP contribution in [0.15, 0.2) is 42.9 Å². The molecule has 0 bridgehead atoms. The highest BCUT2D eigenvalue weighted by Crippen LogP contribution is 2.43. The van der Waals surface area contributed by atoms with E-state index in [1.54, 1.807) is 37.6 Å². The van der Waals surface area contributed by atoms with Gasteiger partial charge in [0.1, 0.15) is 17.5 Å². The minimum absolute atomic E-state index is 0.398. The summed E-state index contributed by atoms with van der Waals surface area (Å²) in [7, 11) is 0. The van der Waals surface area contributed by atoms with E-state index < -0.39 is 30.6 Å². The Balaban J connectivity index is 1.33. The lowest BCUT2D eigenvalue weighted by atomic mass is 9.80. The zero-order chi connectivity index (χ0) is 22.3. The number of rotatable bonds is 6. The van der Waals surface area contributed by atoms with E-state index in [0.29, 0.717) is 28.9 Å². The average Bonchev–Trinajstić information content (AvgIpc) is 3.59. The van der Waals surface area contributed by atoms with Crippen LogP contribution in [0.1, 0.15) is 43.1 Å². The molecule has 2 aliphatic rings. The molecular weight excluding hydrogens is 414 g/mol. The summed E-state index contributed by atoms with van der Waals surface area (Å²) in [6, 6.07) is 7.30. The fraction of sp³-hybridized carbons (Fsp3) is 0.348. The van der Waals surface area contributed by atoms with Gasteiger partial charge in [-0.15, -0.1) is 0 Å². The Hall–Kier alpha value is -3.49. The fourth-order valence-electron chi connectivity index (χ4n) is 3.69. The number of carbonyl (C=O) groups is 1. The highest BCUT2D eigenvalue weighted by atomic mass is 19.3. The minimum atomic E-state index is -2.74. The maximum atomic E-state index is 13.1. The molecule has 0 radical (unpaired) electrons. The molecule has 1 amide bonds. The first-order chi connectivity index (χ1) is 15.4. The zero-order valence-corrected chi connectivity index (χ0v) is 17.5. The summed E-state index contributed by atoms with van der Waals surface area (Å²) in [6.07, 6.45) is 6.56. The fourth-order valence-corrected chi connectivity index (χ4v) is 3.69. The SMILES string of the molecule is Cc1ncc(-c2ccnc(Nc3ccnc(C4CC4)n3)c2)cc1NC(=O)C1CC(F)(F)C1. The van der Waals surface area contributed by atoms with Crippen molar-refractivity contribution in [3.63, 3.8) is 0 Å². The Kier molecular flexibility index (Phi) is 5.03. The van der Waals surface area contributed by atoms with Gasteiger partial charge in [-0.2, -0.15) is 0 Å². The van der Waals surface area contributed by atoms with Crippen molar-refractivity contribution in [2.75, 3.05) is 10.6 Å². The van der Waals surface area contributed by atoms with Crippen molar-refractivity contribution in [1.29, 1.82) is 0 Å². The molecule has 7 nitrogen and oxygen atoms in total. The van der Waals surface area contributed by atoms with Crippen LogP contribution < -0.4 is 10.6 Å². The second-order valence-corrected chi connectivity index (χ2v) is 8.44. The molecule has 0 aromatic carbocycles. The predicted octanol–water partition coefficient (Wildman–Crippen LogP) is 4.85. The molecule has 2 aliphatic carbocycles. The summed E-state index contributed by atoms with van der Waals surface area (Å²) in [5, 5.41) is 5.96. The molecule has 2 saturated carbocycles. The Morgan fingerprint density at radius 2 is 1.81 bits per heavy atom. The summed E-state index contributed by atoms with van der Waals surface area (Å²) in [5.74, 6) is -1.21. The number of nitrogens with one attached hydrogen (secondary N) is 2. The maximum absolute atomic E-state index is 13.1. The van der Waals surface area contributed by atoms with Crippen molar-refractivity contribution in [2.24, 2.45) is 5.92 Å². The Bertz CT molecular complexity index is 1170. The highest BCUT2D eigenvalue weighted by molar-refractivity contribution is 5.94. The van der Waals surface area contributed by atoms with Crippen LogP contribution in [0, 0.1) is 12.8 Å². The summed E-state index contributed by atoms with van der Waals surface area (Å²) in [6.45, 7) is 1.76. The van der Waals surface area contributed by atoms with Crippen molar-refractivity contribution >= 4 is 23.2 Å². The summed E-state index contributed by atoms with van der Waals surface area (Å²) < 4.78 is 26.2. The van der Waals surface area contributed by atoms with Crippen LogP contribution in [0.3, 0.4) is 0 Å². The number of hydrogen-bond donors (Lipinski definition) is 2. The topological polar surface area (TPSA) is 92.7 Å². The maximum Gasteiger partial charge on any atom is 0.249 e. The monoisotopic (exact) mass is 436 g/mol. The molecule has 2 fully saturated rings. The van der Waals surface area contributed by atoms with Crippen LogP contribution in [-0.4, -0.2) is 31.8 Å². The zero-order valence-electron chi connectivity index (χ0n) is 17.5. The van der Waals surface area contributed by atoms with Crippen molar-refractivity contribution in [3.05, 3.63) is 54.4 Å². The lowest BCUT2D eigenvalue weighted by Crippen LogP contribution is -2.42. The van der Waals surface area contributed by atoms with Gasteiger partial charge in [-0.3, -0.25) is 9.78 Å². The highest BCUT2D eigenvalue weighted by Gasteiger charge is 2.48. The molecule has 164 valence electrons. The first-order valence-electron chi connectivity index (χ1n) is 10.6. The van der Waals surface area contributed by atoms with E-state index in [-0.39, 0.29) is 0 Å². The second-order valence-electron chi connectivity index (χ2n) is 8.44. The third-order valence-corrected chi connectivity index (χ3v) is 5.77. The van der Waals surface area contributed by atoms with Crippen molar-refractivity contribution in [1.82, 2.24) is 19.9 Å². The summed E-state index contributed by atoms with van der Waals surface area (Å²) in [4.78, 5) is 29.9. The van der Waals surface area contributed by atoms with Crippen LogP contribution in [0.25, 0.3) is 11.1 Å². The van der Waals surface area contributed by atoms with Crippen molar-refractivity contribution in [3.8, 4) is 11.1 Å². The first-order valence-corrected chi connectivity index (χ1v) is 10.6. The van der Waals surface area contributed by atoms with Crippen LogP contribution >= 0.6 is 0 Å². The van der Waals surface area contributed by atoms with Gasteiger partial charge in [-0.25, -0.2) is 23.7 Å². The number of amides is 1. The Morgan fingerprint density at radius 3 is 2.56 bits per heavy atom. The van der Waals surface area contributed by atoms with Crippen LogP contribution in [0.4, 0.5) is 26.1 Å². The van der Waals surface area contributed by atoms with E-state index >= 15 is 0 Å². The number of nitrogens with zero attached hydrogens (tertiary/aromatic N) is 4.